The minimum absolute atomic E-state index is 0.0300. The van der Waals surface area contributed by atoms with Gasteiger partial charge in [0.15, 0.2) is 0 Å². The highest BCUT2D eigenvalue weighted by Gasteiger charge is 2.08. The lowest BCUT2D eigenvalue weighted by Gasteiger charge is -2.09. The van der Waals surface area contributed by atoms with Crippen LogP contribution in [0.5, 0.6) is 0 Å². The van der Waals surface area contributed by atoms with Crippen LogP contribution in [0.1, 0.15) is 41.3 Å². The minimum atomic E-state index is -0.283. The van der Waals surface area contributed by atoms with Crippen molar-refractivity contribution in [2.45, 2.75) is 33.2 Å². The van der Waals surface area contributed by atoms with Crippen molar-refractivity contribution in [3.8, 4) is 0 Å². The van der Waals surface area contributed by atoms with E-state index >= 15 is 0 Å². The molecule has 0 aliphatic heterocycles. The van der Waals surface area contributed by atoms with E-state index in [0.29, 0.717) is 24.2 Å². The van der Waals surface area contributed by atoms with E-state index < -0.39 is 0 Å². The van der Waals surface area contributed by atoms with Gasteiger partial charge in [-0.1, -0.05) is 36.8 Å². The maximum absolute atomic E-state index is 12.0. The number of hydrogen-bond donors (Lipinski definition) is 3. The van der Waals surface area contributed by atoms with Gasteiger partial charge in [-0.2, -0.15) is 0 Å². The molecule has 0 radical (unpaired) electrons. The molecule has 2 aromatic rings. The summed E-state index contributed by atoms with van der Waals surface area (Å²) in [5.41, 5.74) is 3.08. The Hall–Kier alpha value is -3.15. The summed E-state index contributed by atoms with van der Waals surface area (Å²) in [5.74, 6) is -0.594. The van der Waals surface area contributed by atoms with Crippen LogP contribution >= 0.6 is 0 Å². The highest BCUT2D eigenvalue weighted by atomic mass is 16.2. The molecule has 142 valence electrons. The molecule has 0 unspecified atom stereocenters. The predicted molar refractivity (Wildman–Crippen MR) is 105 cm³/mol. The second-order valence-corrected chi connectivity index (χ2v) is 6.33. The Morgan fingerprint density at radius 3 is 2.44 bits per heavy atom. The average molecular weight is 367 g/mol. The first-order chi connectivity index (χ1) is 13.0. The van der Waals surface area contributed by atoms with Gasteiger partial charge in [0.2, 0.25) is 11.8 Å². The summed E-state index contributed by atoms with van der Waals surface area (Å²) in [4.78, 5) is 35.7. The van der Waals surface area contributed by atoms with Crippen molar-refractivity contribution in [3.05, 3.63) is 65.2 Å². The molecule has 3 N–H and O–H groups in total. The van der Waals surface area contributed by atoms with Crippen LogP contribution in [-0.2, 0) is 16.1 Å². The number of hydrogen-bond acceptors (Lipinski definition) is 3. The maximum Gasteiger partial charge on any atom is 0.251 e. The van der Waals surface area contributed by atoms with E-state index in [1.54, 1.807) is 24.3 Å². The fraction of sp³-hybridized carbons (Fsp3) is 0.286. The molecule has 0 aliphatic carbocycles. The SMILES string of the molecule is CCCC(=O)Nc1cccc(CNC(=O)CNC(=O)c2cccc(C)c2)c1. The Morgan fingerprint density at radius 2 is 1.70 bits per heavy atom. The monoisotopic (exact) mass is 367 g/mol. The molecule has 3 amide bonds. The largest absolute Gasteiger partial charge is 0.350 e. The van der Waals surface area contributed by atoms with E-state index in [9.17, 15) is 14.4 Å². The van der Waals surface area contributed by atoms with Gasteiger partial charge in [0.1, 0.15) is 0 Å². The number of anilines is 1. The quantitative estimate of drug-likeness (QED) is 0.670. The van der Waals surface area contributed by atoms with E-state index in [0.717, 1.165) is 17.5 Å². The van der Waals surface area contributed by atoms with Crippen LogP contribution in [0.15, 0.2) is 48.5 Å². The van der Waals surface area contributed by atoms with E-state index in [1.165, 1.54) is 0 Å². The van der Waals surface area contributed by atoms with Gasteiger partial charge in [0.25, 0.3) is 5.91 Å². The molecule has 2 aromatic carbocycles. The second kappa shape index (κ2) is 10.1. The van der Waals surface area contributed by atoms with Gasteiger partial charge in [-0.25, -0.2) is 0 Å². The molecule has 0 bridgehead atoms. The lowest BCUT2D eigenvalue weighted by molar-refractivity contribution is -0.120. The Labute approximate surface area is 159 Å². The Balaban J connectivity index is 1.80. The van der Waals surface area contributed by atoms with Crippen LogP contribution < -0.4 is 16.0 Å². The molecule has 0 fully saturated rings. The Morgan fingerprint density at radius 1 is 0.926 bits per heavy atom. The zero-order valence-electron chi connectivity index (χ0n) is 15.7. The number of benzene rings is 2. The maximum atomic E-state index is 12.0. The third-order valence-corrected chi connectivity index (χ3v) is 3.87. The second-order valence-electron chi connectivity index (χ2n) is 6.33. The van der Waals surface area contributed by atoms with Gasteiger partial charge < -0.3 is 16.0 Å². The lowest BCUT2D eigenvalue weighted by atomic mass is 10.1. The first-order valence-electron chi connectivity index (χ1n) is 8.98. The van der Waals surface area contributed by atoms with Crippen molar-refractivity contribution in [2.75, 3.05) is 11.9 Å². The molecular weight excluding hydrogens is 342 g/mol. The van der Waals surface area contributed by atoms with Crippen molar-refractivity contribution in [2.24, 2.45) is 0 Å². The molecule has 2 rings (SSSR count). The Kier molecular flexibility index (Phi) is 7.55. The van der Waals surface area contributed by atoms with Crippen molar-refractivity contribution >= 4 is 23.4 Å². The molecule has 0 aliphatic rings. The van der Waals surface area contributed by atoms with Gasteiger partial charge in [0, 0.05) is 24.2 Å². The van der Waals surface area contributed by atoms with Crippen LogP contribution in [0, 0.1) is 6.92 Å². The van der Waals surface area contributed by atoms with E-state index in [1.807, 2.05) is 38.1 Å². The van der Waals surface area contributed by atoms with Crippen LogP contribution in [0.25, 0.3) is 0 Å². The van der Waals surface area contributed by atoms with Crippen LogP contribution in [0.2, 0.25) is 0 Å². The van der Waals surface area contributed by atoms with Crippen LogP contribution in [0.4, 0.5) is 5.69 Å². The molecule has 27 heavy (non-hydrogen) atoms. The smallest absolute Gasteiger partial charge is 0.251 e. The van der Waals surface area contributed by atoms with Gasteiger partial charge in [-0.05, 0) is 43.2 Å². The molecule has 0 spiro atoms. The molecule has 6 nitrogen and oxygen atoms in total. The zero-order valence-corrected chi connectivity index (χ0v) is 15.7. The highest BCUT2D eigenvalue weighted by Crippen LogP contribution is 2.11. The summed E-state index contributed by atoms with van der Waals surface area (Å²) >= 11 is 0. The molecule has 6 heteroatoms. The van der Waals surface area contributed by atoms with Crippen LogP contribution in [0.3, 0.4) is 0 Å². The lowest BCUT2D eigenvalue weighted by Crippen LogP contribution is -2.36. The van der Waals surface area contributed by atoms with Crippen molar-refractivity contribution in [1.82, 2.24) is 10.6 Å². The predicted octanol–water partition coefficient (Wildman–Crippen LogP) is 2.78. The summed E-state index contributed by atoms with van der Waals surface area (Å²) in [6.45, 7) is 4.07. The van der Waals surface area contributed by atoms with Gasteiger partial charge in [-0.15, -0.1) is 0 Å². The van der Waals surface area contributed by atoms with Gasteiger partial charge in [0.05, 0.1) is 6.54 Å². The summed E-state index contributed by atoms with van der Waals surface area (Å²) in [6, 6.07) is 14.5. The van der Waals surface area contributed by atoms with E-state index in [2.05, 4.69) is 16.0 Å². The topological polar surface area (TPSA) is 87.3 Å². The number of carbonyl (C=O) groups excluding carboxylic acids is 3. The van der Waals surface area contributed by atoms with E-state index in [-0.39, 0.29) is 24.3 Å². The number of carbonyl (C=O) groups is 3. The Bertz CT molecular complexity index is 818. The van der Waals surface area contributed by atoms with Gasteiger partial charge >= 0.3 is 0 Å². The fourth-order valence-corrected chi connectivity index (χ4v) is 2.52. The van der Waals surface area contributed by atoms with Crippen molar-refractivity contribution in [1.29, 1.82) is 0 Å². The molecule has 0 saturated carbocycles. The van der Waals surface area contributed by atoms with Crippen molar-refractivity contribution < 1.29 is 14.4 Å². The molecular formula is C21H25N3O3. The first kappa shape index (κ1) is 20.2. The summed E-state index contributed by atoms with van der Waals surface area (Å²) in [5, 5.41) is 8.19. The molecule has 0 aromatic heterocycles. The molecule has 0 saturated heterocycles. The third-order valence-electron chi connectivity index (χ3n) is 3.87. The summed E-state index contributed by atoms with van der Waals surface area (Å²) in [7, 11) is 0. The van der Waals surface area contributed by atoms with Crippen LogP contribution in [-0.4, -0.2) is 24.3 Å². The third kappa shape index (κ3) is 6.93. The van der Waals surface area contributed by atoms with Gasteiger partial charge in [-0.3, -0.25) is 14.4 Å². The number of rotatable bonds is 8. The summed E-state index contributed by atoms with van der Waals surface area (Å²) < 4.78 is 0. The first-order valence-corrected chi connectivity index (χ1v) is 8.98. The highest BCUT2D eigenvalue weighted by molar-refractivity contribution is 5.96. The van der Waals surface area contributed by atoms with Crippen molar-refractivity contribution in [3.63, 3.8) is 0 Å². The molecule has 0 heterocycles. The zero-order chi connectivity index (χ0) is 19.6. The average Bonchev–Trinajstić information content (AvgIpc) is 2.65. The molecule has 0 atom stereocenters. The van der Waals surface area contributed by atoms with E-state index in [4.69, 9.17) is 0 Å². The standard InChI is InChI=1S/C21H25N3O3/c1-3-6-19(25)24-18-10-5-8-16(12-18)13-22-20(26)14-23-21(27)17-9-4-7-15(2)11-17/h4-5,7-12H,3,6,13-14H2,1-2H3,(H,22,26)(H,23,27)(H,24,25). The normalized spacial score (nSPS) is 10.1. The minimum Gasteiger partial charge on any atom is -0.350 e. The summed E-state index contributed by atoms with van der Waals surface area (Å²) in [6.07, 6.45) is 1.26. The number of aryl methyl sites for hydroxylation is 1. The number of amides is 3. The fourth-order valence-electron chi connectivity index (χ4n) is 2.52. The number of nitrogens with one attached hydrogen (secondary N) is 3.